The minimum absolute atomic E-state index is 0.0746. The number of hydrogen-bond donors (Lipinski definition) is 2. The molecule has 33 heavy (non-hydrogen) atoms. The van der Waals surface area contributed by atoms with Crippen LogP contribution in [0.25, 0.3) is 11.3 Å². The summed E-state index contributed by atoms with van der Waals surface area (Å²) in [7, 11) is 0. The predicted octanol–water partition coefficient (Wildman–Crippen LogP) is 4.56. The number of aliphatic hydroxyl groups excluding tert-OH is 1. The van der Waals surface area contributed by atoms with Gasteiger partial charge in [-0.1, -0.05) is 47.1 Å². The van der Waals surface area contributed by atoms with Crippen LogP contribution in [-0.4, -0.2) is 47.3 Å². The molecule has 0 spiro atoms. The van der Waals surface area contributed by atoms with Crippen LogP contribution in [0, 0.1) is 5.92 Å². The summed E-state index contributed by atoms with van der Waals surface area (Å²) in [6.07, 6.45) is 3.35. The monoisotopic (exact) mass is 467 g/mol. The van der Waals surface area contributed by atoms with Gasteiger partial charge in [0.05, 0.1) is 6.54 Å². The molecule has 2 aromatic carbocycles. The number of piperidine rings is 1. The first-order valence-electron chi connectivity index (χ1n) is 11.5. The highest BCUT2D eigenvalue weighted by molar-refractivity contribution is 6.31. The molecule has 1 fully saturated rings. The second kappa shape index (κ2) is 11.5. The van der Waals surface area contributed by atoms with Crippen LogP contribution in [0.5, 0.6) is 0 Å². The van der Waals surface area contributed by atoms with Gasteiger partial charge in [-0.05, 0) is 68.5 Å². The van der Waals surface area contributed by atoms with E-state index in [9.17, 15) is 4.79 Å². The summed E-state index contributed by atoms with van der Waals surface area (Å²) in [5.74, 6) is 1.26. The van der Waals surface area contributed by atoms with Gasteiger partial charge in [-0.3, -0.25) is 9.69 Å². The summed E-state index contributed by atoms with van der Waals surface area (Å²) in [5.41, 5.74) is 3.44. The van der Waals surface area contributed by atoms with Gasteiger partial charge in [0.15, 0.2) is 5.76 Å². The van der Waals surface area contributed by atoms with Gasteiger partial charge in [-0.2, -0.15) is 0 Å². The summed E-state index contributed by atoms with van der Waals surface area (Å²) in [5, 5.41) is 17.0. The molecule has 1 saturated heterocycles. The maximum atomic E-state index is 12.6. The third-order valence-corrected chi connectivity index (χ3v) is 6.55. The van der Waals surface area contributed by atoms with Crippen LogP contribution in [-0.2, 0) is 13.0 Å². The molecule has 0 atom stereocenters. The number of aliphatic hydroxyl groups is 1. The summed E-state index contributed by atoms with van der Waals surface area (Å²) >= 11 is 6.21. The lowest BCUT2D eigenvalue weighted by Crippen LogP contribution is -2.38. The quantitative estimate of drug-likeness (QED) is 0.482. The number of aryl methyl sites for hydroxylation is 1. The molecular formula is C26H30ClN3O3. The zero-order valence-corrected chi connectivity index (χ0v) is 19.4. The number of nitrogens with one attached hydrogen (secondary N) is 1. The minimum atomic E-state index is -0.0746. The maximum Gasteiger partial charge on any atom is 0.251 e. The van der Waals surface area contributed by atoms with Gasteiger partial charge in [-0.15, -0.1) is 0 Å². The summed E-state index contributed by atoms with van der Waals surface area (Å²) in [4.78, 5) is 15.0. The van der Waals surface area contributed by atoms with E-state index in [2.05, 4.69) is 15.4 Å². The third-order valence-electron chi connectivity index (χ3n) is 6.18. The van der Waals surface area contributed by atoms with Crippen LogP contribution in [0.1, 0.15) is 40.9 Å². The van der Waals surface area contributed by atoms with Crippen molar-refractivity contribution in [2.45, 2.75) is 32.2 Å². The van der Waals surface area contributed by atoms with Crippen molar-refractivity contribution in [2.75, 3.05) is 26.2 Å². The number of nitrogens with zero attached hydrogens (tertiary/aromatic N) is 2. The topological polar surface area (TPSA) is 78.6 Å². The van der Waals surface area contributed by atoms with Gasteiger partial charge in [0.2, 0.25) is 0 Å². The van der Waals surface area contributed by atoms with Crippen LogP contribution >= 0.6 is 11.6 Å². The van der Waals surface area contributed by atoms with Crippen molar-refractivity contribution in [1.29, 1.82) is 0 Å². The molecule has 6 nitrogen and oxygen atoms in total. The molecule has 2 N–H and O–H groups in total. The molecule has 3 aromatic rings. The Balaban J connectivity index is 1.22. The van der Waals surface area contributed by atoms with E-state index in [0.717, 1.165) is 55.1 Å². The van der Waals surface area contributed by atoms with E-state index in [4.69, 9.17) is 21.2 Å². The first-order valence-corrected chi connectivity index (χ1v) is 11.9. The second-order valence-corrected chi connectivity index (χ2v) is 9.01. The maximum absolute atomic E-state index is 12.6. The molecule has 4 rings (SSSR count). The van der Waals surface area contributed by atoms with Gasteiger partial charge in [-0.25, -0.2) is 0 Å². The van der Waals surface area contributed by atoms with Gasteiger partial charge in [0.1, 0.15) is 5.69 Å². The molecule has 1 amide bonds. The van der Waals surface area contributed by atoms with Gasteiger partial charge < -0.3 is 14.9 Å². The molecule has 0 unspecified atom stereocenters. The Labute approximate surface area is 199 Å². The van der Waals surface area contributed by atoms with E-state index >= 15 is 0 Å². The van der Waals surface area contributed by atoms with Crippen molar-refractivity contribution in [3.05, 3.63) is 76.5 Å². The molecule has 0 bridgehead atoms. The fourth-order valence-electron chi connectivity index (χ4n) is 4.22. The number of halogens is 1. The number of rotatable bonds is 9. The minimum Gasteiger partial charge on any atom is -0.396 e. The largest absolute Gasteiger partial charge is 0.396 e. The first kappa shape index (κ1) is 23.5. The molecule has 2 heterocycles. The van der Waals surface area contributed by atoms with Crippen molar-refractivity contribution in [3.63, 3.8) is 0 Å². The van der Waals surface area contributed by atoms with Crippen LogP contribution < -0.4 is 5.32 Å². The van der Waals surface area contributed by atoms with Crippen molar-refractivity contribution in [3.8, 4) is 11.3 Å². The summed E-state index contributed by atoms with van der Waals surface area (Å²) in [6.45, 7) is 3.46. The molecule has 0 aliphatic carbocycles. The van der Waals surface area contributed by atoms with Gasteiger partial charge >= 0.3 is 0 Å². The Hall–Kier alpha value is -2.67. The van der Waals surface area contributed by atoms with E-state index in [-0.39, 0.29) is 12.5 Å². The Morgan fingerprint density at radius 1 is 1.15 bits per heavy atom. The number of hydrogen-bond acceptors (Lipinski definition) is 5. The fourth-order valence-corrected chi connectivity index (χ4v) is 4.43. The normalized spacial score (nSPS) is 15.0. The van der Waals surface area contributed by atoms with Crippen molar-refractivity contribution in [1.82, 2.24) is 15.4 Å². The number of amides is 1. The molecule has 1 aromatic heterocycles. The van der Waals surface area contributed by atoms with E-state index in [1.807, 2.05) is 42.5 Å². The van der Waals surface area contributed by atoms with Crippen LogP contribution in [0.4, 0.5) is 0 Å². The number of benzene rings is 2. The molecule has 1 aliphatic rings. The number of likely N-dealkylation sites (tertiary alicyclic amines) is 1. The van der Waals surface area contributed by atoms with E-state index in [1.54, 1.807) is 12.1 Å². The first-order chi connectivity index (χ1) is 16.1. The highest BCUT2D eigenvalue weighted by atomic mass is 35.5. The fraction of sp³-hybridized carbons (Fsp3) is 0.385. The Morgan fingerprint density at radius 3 is 2.70 bits per heavy atom. The van der Waals surface area contributed by atoms with E-state index in [1.165, 1.54) is 0 Å². The van der Waals surface area contributed by atoms with Crippen molar-refractivity contribution < 1.29 is 14.4 Å². The lowest BCUT2D eigenvalue weighted by molar-refractivity contribution is 0.0933. The molecule has 174 valence electrons. The van der Waals surface area contributed by atoms with Crippen molar-refractivity contribution >= 4 is 17.5 Å². The molecular weight excluding hydrogens is 438 g/mol. The molecule has 7 heteroatoms. The Kier molecular flexibility index (Phi) is 8.15. The van der Waals surface area contributed by atoms with E-state index < -0.39 is 0 Å². The Bertz CT molecular complexity index is 1050. The van der Waals surface area contributed by atoms with Crippen LogP contribution in [0.2, 0.25) is 5.02 Å². The summed E-state index contributed by atoms with van der Waals surface area (Å²) < 4.78 is 5.55. The third kappa shape index (κ3) is 6.44. The average Bonchev–Trinajstić information content (AvgIpc) is 3.32. The van der Waals surface area contributed by atoms with E-state index in [0.29, 0.717) is 35.9 Å². The van der Waals surface area contributed by atoms with Crippen molar-refractivity contribution in [2.24, 2.45) is 5.92 Å². The smallest absolute Gasteiger partial charge is 0.251 e. The van der Waals surface area contributed by atoms with Gasteiger partial charge in [0, 0.05) is 35.4 Å². The lowest BCUT2D eigenvalue weighted by Gasteiger charge is -2.31. The lowest BCUT2D eigenvalue weighted by atomic mass is 9.96. The average molecular weight is 468 g/mol. The Morgan fingerprint density at radius 2 is 1.94 bits per heavy atom. The highest BCUT2D eigenvalue weighted by Crippen LogP contribution is 2.23. The summed E-state index contributed by atoms with van der Waals surface area (Å²) in [6, 6.07) is 17.4. The predicted molar refractivity (Wildman–Crippen MR) is 129 cm³/mol. The number of aromatic nitrogens is 1. The molecule has 1 aliphatic heterocycles. The van der Waals surface area contributed by atoms with Crippen LogP contribution in [0.15, 0.2) is 59.1 Å². The standard InChI is InChI=1S/C26H30ClN3O3/c27-24-9-8-22(15-21(24)7-4-14-31)26(32)28-17-19-10-12-30(13-11-19)18-23-16-25(29-33-23)20-5-2-1-3-6-20/h1-3,5-6,8-9,15-16,19,31H,4,7,10-14,17-18H2,(H,28,32). The van der Waals surface area contributed by atoms with Gasteiger partial charge in [0.25, 0.3) is 5.91 Å². The highest BCUT2D eigenvalue weighted by Gasteiger charge is 2.21. The van der Waals surface area contributed by atoms with Crippen LogP contribution in [0.3, 0.4) is 0 Å². The SMILES string of the molecule is O=C(NCC1CCN(Cc2cc(-c3ccccc3)no2)CC1)c1ccc(Cl)c(CCCO)c1. The zero-order chi connectivity index (χ0) is 23.0. The molecule has 0 radical (unpaired) electrons. The second-order valence-electron chi connectivity index (χ2n) is 8.61. The zero-order valence-electron chi connectivity index (χ0n) is 18.7. The molecule has 0 saturated carbocycles. The number of carbonyl (C=O) groups is 1. The number of carbonyl (C=O) groups excluding carboxylic acids is 1.